The topological polar surface area (TPSA) is 41.1 Å². The van der Waals surface area contributed by atoms with Crippen LogP contribution < -0.4 is 0 Å². The zero-order valence-corrected chi connectivity index (χ0v) is 14.2. The molecule has 0 spiro atoms. The second-order valence-electron chi connectivity index (χ2n) is 5.99. The van der Waals surface area contributed by atoms with E-state index in [1.54, 1.807) is 11.3 Å². The fraction of sp³-hybridized carbons (Fsp3) is 0.333. The maximum absolute atomic E-state index is 9.21. The lowest BCUT2D eigenvalue weighted by molar-refractivity contribution is 0.814. The molecule has 112 valence electrons. The number of thiazole rings is 1. The van der Waals surface area contributed by atoms with Gasteiger partial charge in [-0.3, -0.25) is 4.40 Å². The second-order valence-corrected chi connectivity index (χ2v) is 6.83. The number of hydrogen-bond donors (Lipinski definition) is 0. The number of benzene rings is 1. The van der Waals surface area contributed by atoms with Gasteiger partial charge in [0.25, 0.3) is 0 Å². The van der Waals surface area contributed by atoms with Crippen LogP contribution >= 0.6 is 11.3 Å². The fourth-order valence-electron chi connectivity index (χ4n) is 2.93. The number of fused-ring (bicyclic) bond motifs is 1. The molecular formula is C18H19N3S. The standard InChI is InChI=1S/C18H19N3S/c1-11(2)17-15(7-8-19)21-16(10-22-18(21)20-17)14-6-5-12(3)9-13(14)4/h5-6,9-11H,7H2,1-4H3. The highest BCUT2D eigenvalue weighted by Crippen LogP contribution is 2.33. The molecule has 0 saturated heterocycles. The number of nitrogens with zero attached hydrogens (tertiary/aromatic N) is 3. The normalized spacial score (nSPS) is 11.3. The summed E-state index contributed by atoms with van der Waals surface area (Å²) in [7, 11) is 0. The van der Waals surface area contributed by atoms with Gasteiger partial charge >= 0.3 is 0 Å². The molecule has 2 heterocycles. The molecule has 0 amide bonds. The van der Waals surface area contributed by atoms with Gasteiger partial charge in [-0.05, 0) is 25.3 Å². The zero-order chi connectivity index (χ0) is 15.9. The summed E-state index contributed by atoms with van der Waals surface area (Å²) in [6.07, 6.45) is 0.392. The number of aryl methyl sites for hydroxylation is 2. The van der Waals surface area contributed by atoms with Gasteiger partial charge < -0.3 is 0 Å². The monoisotopic (exact) mass is 309 g/mol. The minimum atomic E-state index is 0.322. The third-order valence-electron chi connectivity index (χ3n) is 3.94. The highest BCUT2D eigenvalue weighted by molar-refractivity contribution is 7.15. The van der Waals surface area contributed by atoms with Crippen molar-refractivity contribution in [3.8, 4) is 17.3 Å². The Labute approximate surface area is 134 Å². The summed E-state index contributed by atoms with van der Waals surface area (Å²) in [5.74, 6) is 0.322. The molecule has 0 aliphatic carbocycles. The van der Waals surface area contributed by atoms with Crippen molar-refractivity contribution in [3.63, 3.8) is 0 Å². The second kappa shape index (κ2) is 5.58. The van der Waals surface area contributed by atoms with E-state index in [0.717, 1.165) is 22.0 Å². The van der Waals surface area contributed by atoms with E-state index in [4.69, 9.17) is 4.98 Å². The molecule has 3 nitrogen and oxygen atoms in total. The first kappa shape index (κ1) is 14.8. The molecule has 0 bridgehead atoms. The Morgan fingerprint density at radius 2 is 2.09 bits per heavy atom. The molecule has 0 fully saturated rings. The Hall–Kier alpha value is -2.12. The average molecular weight is 309 g/mol. The first-order chi connectivity index (χ1) is 10.5. The van der Waals surface area contributed by atoms with Crippen molar-refractivity contribution in [1.29, 1.82) is 5.26 Å². The maximum Gasteiger partial charge on any atom is 0.194 e. The highest BCUT2D eigenvalue weighted by atomic mass is 32.1. The van der Waals surface area contributed by atoms with E-state index in [2.05, 4.69) is 61.7 Å². The van der Waals surface area contributed by atoms with Crippen molar-refractivity contribution >= 4 is 16.3 Å². The SMILES string of the molecule is Cc1ccc(-c2csc3nc(C(C)C)c(CC#N)n23)c(C)c1. The van der Waals surface area contributed by atoms with E-state index in [-0.39, 0.29) is 0 Å². The fourth-order valence-corrected chi connectivity index (χ4v) is 3.84. The number of nitriles is 1. The molecule has 0 aliphatic rings. The Kier molecular flexibility index (Phi) is 3.76. The number of hydrogen-bond acceptors (Lipinski definition) is 3. The van der Waals surface area contributed by atoms with Crippen molar-refractivity contribution in [2.75, 3.05) is 0 Å². The molecule has 0 aliphatic heterocycles. The third kappa shape index (κ3) is 2.32. The molecule has 3 rings (SSSR count). The van der Waals surface area contributed by atoms with Gasteiger partial charge in [-0.25, -0.2) is 4.98 Å². The van der Waals surface area contributed by atoms with Crippen LogP contribution in [0.3, 0.4) is 0 Å². The van der Waals surface area contributed by atoms with Gasteiger partial charge in [-0.2, -0.15) is 5.26 Å². The minimum absolute atomic E-state index is 0.322. The van der Waals surface area contributed by atoms with Crippen molar-refractivity contribution in [2.24, 2.45) is 0 Å². The predicted molar refractivity (Wildman–Crippen MR) is 91.4 cm³/mol. The van der Waals surface area contributed by atoms with E-state index in [0.29, 0.717) is 12.3 Å². The first-order valence-corrected chi connectivity index (χ1v) is 8.34. The molecular weight excluding hydrogens is 290 g/mol. The van der Waals surface area contributed by atoms with Crippen LogP contribution in [0.1, 0.15) is 42.3 Å². The van der Waals surface area contributed by atoms with Crippen LogP contribution in [0.25, 0.3) is 16.2 Å². The van der Waals surface area contributed by atoms with Crippen molar-refractivity contribution in [2.45, 2.75) is 40.0 Å². The van der Waals surface area contributed by atoms with E-state index in [9.17, 15) is 5.26 Å². The average Bonchev–Trinajstić information content (AvgIpc) is 3.00. The Morgan fingerprint density at radius 3 is 2.73 bits per heavy atom. The molecule has 3 aromatic rings. The Bertz CT molecular complexity index is 878. The van der Waals surface area contributed by atoms with E-state index >= 15 is 0 Å². The molecule has 4 heteroatoms. The summed E-state index contributed by atoms with van der Waals surface area (Å²) < 4.78 is 2.17. The van der Waals surface area contributed by atoms with Gasteiger partial charge in [0.2, 0.25) is 0 Å². The number of rotatable bonds is 3. The maximum atomic E-state index is 9.21. The predicted octanol–water partition coefficient (Wildman–Crippen LogP) is 4.87. The summed E-state index contributed by atoms with van der Waals surface area (Å²) in [5, 5.41) is 11.3. The summed E-state index contributed by atoms with van der Waals surface area (Å²) in [6.45, 7) is 8.50. The molecule has 0 saturated carbocycles. The van der Waals surface area contributed by atoms with E-state index in [1.807, 2.05) is 0 Å². The summed E-state index contributed by atoms with van der Waals surface area (Å²) in [5.41, 5.74) is 6.94. The van der Waals surface area contributed by atoms with Crippen LogP contribution in [0, 0.1) is 25.2 Å². The van der Waals surface area contributed by atoms with Gasteiger partial charge in [0.1, 0.15) is 0 Å². The largest absolute Gasteiger partial charge is 0.286 e. The van der Waals surface area contributed by atoms with Crippen molar-refractivity contribution < 1.29 is 0 Å². The van der Waals surface area contributed by atoms with Gasteiger partial charge in [-0.15, -0.1) is 11.3 Å². The van der Waals surface area contributed by atoms with E-state index in [1.165, 1.54) is 16.7 Å². The van der Waals surface area contributed by atoms with Gasteiger partial charge in [0, 0.05) is 10.9 Å². The van der Waals surface area contributed by atoms with Crippen LogP contribution in [-0.4, -0.2) is 9.38 Å². The highest BCUT2D eigenvalue weighted by Gasteiger charge is 2.19. The van der Waals surface area contributed by atoms with Crippen LogP contribution in [-0.2, 0) is 6.42 Å². The molecule has 0 atom stereocenters. The molecule has 22 heavy (non-hydrogen) atoms. The quantitative estimate of drug-likeness (QED) is 0.692. The summed E-state index contributed by atoms with van der Waals surface area (Å²) in [6, 6.07) is 8.79. The minimum Gasteiger partial charge on any atom is -0.286 e. The molecule has 1 aromatic carbocycles. The number of imidazole rings is 1. The Balaban J connectivity index is 2.29. The smallest absolute Gasteiger partial charge is 0.194 e. The molecule has 0 N–H and O–H groups in total. The van der Waals surface area contributed by atoms with Crippen LogP contribution in [0.15, 0.2) is 23.6 Å². The van der Waals surface area contributed by atoms with Gasteiger partial charge in [0.05, 0.1) is 29.6 Å². The lowest BCUT2D eigenvalue weighted by Crippen LogP contribution is -1.99. The van der Waals surface area contributed by atoms with Crippen LogP contribution in [0.2, 0.25) is 0 Å². The van der Waals surface area contributed by atoms with Crippen LogP contribution in [0.4, 0.5) is 0 Å². The Morgan fingerprint density at radius 1 is 1.32 bits per heavy atom. The first-order valence-electron chi connectivity index (χ1n) is 7.46. The van der Waals surface area contributed by atoms with Crippen molar-refractivity contribution in [1.82, 2.24) is 9.38 Å². The molecule has 0 radical (unpaired) electrons. The summed E-state index contributed by atoms with van der Waals surface area (Å²) >= 11 is 1.64. The molecule has 2 aromatic heterocycles. The lowest BCUT2D eigenvalue weighted by Gasteiger charge is -2.09. The number of aromatic nitrogens is 2. The van der Waals surface area contributed by atoms with Crippen LogP contribution in [0.5, 0.6) is 0 Å². The van der Waals surface area contributed by atoms with Crippen molar-refractivity contribution in [3.05, 3.63) is 46.1 Å². The molecule has 0 unspecified atom stereocenters. The third-order valence-corrected chi connectivity index (χ3v) is 4.77. The van der Waals surface area contributed by atoms with Gasteiger partial charge in [0.15, 0.2) is 4.96 Å². The van der Waals surface area contributed by atoms with E-state index < -0.39 is 0 Å². The summed E-state index contributed by atoms with van der Waals surface area (Å²) in [4.78, 5) is 5.73. The lowest BCUT2D eigenvalue weighted by atomic mass is 10.0. The van der Waals surface area contributed by atoms with Gasteiger partial charge in [-0.1, -0.05) is 37.6 Å². The zero-order valence-electron chi connectivity index (χ0n) is 13.3.